The van der Waals surface area contributed by atoms with Gasteiger partial charge in [0.2, 0.25) is 0 Å². The smallest absolute Gasteiger partial charge is 0.381 e. The molecule has 0 bridgehead atoms. The van der Waals surface area contributed by atoms with Gasteiger partial charge >= 0.3 is 11.4 Å². The Morgan fingerprint density at radius 1 is 1.00 bits per heavy atom. The van der Waals surface area contributed by atoms with Gasteiger partial charge in [-0.1, -0.05) is 5.16 Å². The Balaban J connectivity index is 1.12. The number of pyridine rings is 1. The monoisotopic (exact) mass is 923 g/mol. The van der Waals surface area contributed by atoms with Crippen molar-refractivity contribution in [3.05, 3.63) is 143 Å². The zero-order valence-corrected chi connectivity index (χ0v) is 36.8. The van der Waals surface area contributed by atoms with E-state index in [1.54, 1.807) is 72.2 Å². The molecule has 3 aliphatic rings. The van der Waals surface area contributed by atoms with Crippen LogP contribution in [0.1, 0.15) is 94.4 Å². The molecule has 1 saturated heterocycles. The summed E-state index contributed by atoms with van der Waals surface area (Å²) in [5.74, 6) is -0.190. The number of benzene rings is 2. The Kier molecular flexibility index (Phi) is 9.49. The highest BCUT2D eigenvalue weighted by Crippen LogP contribution is 2.55. The van der Waals surface area contributed by atoms with Crippen molar-refractivity contribution < 1.29 is 22.7 Å². The number of nitrogens with one attached hydrogen (secondary N) is 2. The van der Waals surface area contributed by atoms with Crippen LogP contribution in [0, 0.1) is 24.4 Å². The number of carbonyl (C=O) groups is 1. The number of nitrogens with zero attached hydrogens (tertiary/aromatic N) is 7. The van der Waals surface area contributed by atoms with Gasteiger partial charge in [0, 0.05) is 61.5 Å². The molecule has 2 fully saturated rings. The van der Waals surface area contributed by atoms with Gasteiger partial charge in [0.1, 0.15) is 11.6 Å². The second kappa shape index (κ2) is 14.6. The number of imidazole rings is 1. The summed E-state index contributed by atoms with van der Waals surface area (Å²) in [5.41, 5.74) is 5.11. The predicted molar refractivity (Wildman–Crippen MR) is 231 cm³/mol. The molecule has 2 N–H and O–H groups in total. The third-order valence-corrected chi connectivity index (χ3v) is 14.8. The van der Waals surface area contributed by atoms with Gasteiger partial charge in [-0.05, 0) is 134 Å². The van der Waals surface area contributed by atoms with Gasteiger partial charge in [0.25, 0.3) is 5.91 Å². The van der Waals surface area contributed by atoms with E-state index < -0.39 is 32.6 Å². The van der Waals surface area contributed by atoms with Crippen LogP contribution >= 0.6 is 15.9 Å². The van der Waals surface area contributed by atoms with Crippen molar-refractivity contribution in [2.24, 2.45) is 0 Å². The first kappa shape index (κ1) is 40.2. The first-order valence-electron chi connectivity index (χ1n) is 20.5. The van der Waals surface area contributed by atoms with Gasteiger partial charge in [-0.15, -0.1) is 0 Å². The third kappa shape index (κ3) is 6.35. The Labute approximate surface area is 363 Å². The Bertz CT molecular complexity index is 3180. The molecule has 0 unspecified atom stereocenters. The fraction of sp³-hybridized carbons (Fsp3) is 0.341. The largest absolute Gasteiger partial charge is 0.438 e. The summed E-state index contributed by atoms with van der Waals surface area (Å²) in [6.07, 6.45) is 10.0. The number of hydrogen-bond donors (Lipinski definition) is 2. The number of aryl methyl sites for hydroxylation is 2. The van der Waals surface area contributed by atoms with Crippen LogP contribution < -0.4 is 11.4 Å². The van der Waals surface area contributed by atoms with Gasteiger partial charge < -0.3 is 14.0 Å². The van der Waals surface area contributed by atoms with E-state index in [1.165, 1.54) is 15.4 Å². The maximum Gasteiger partial charge on any atom is 0.438 e. The second-order valence-corrected chi connectivity index (χ2v) is 19.7. The van der Waals surface area contributed by atoms with E-state index >= 15 is 9.18 Å². The molecule has 18 heteroatoms. The molecule has 7 heterocycles. The molecular weight excluding hydrogens is 882 g/mol. The number of carbonyl (C=O) groups excluding carboxylic acids is 1. The standard InChI is InChI=1S/C44H43BrFN9O6S/c1-24-21-30(22-25(2)37(24)46)55-39(54-18-17-52(43(54)58)29-5-7-31(8-6-29)62(4,47)59)34-26(3)51(16-10-32(34)49-55)40(56)35-36(45)33-23-28(27-11-19-60-20-12-27)9-15-53(33)38(35)44(13-14-44)41-48-42(57)61-50-41/h5-9,15,17-18,21-23,26-27,47H,10-14,16,19-20H2,1-4H3,(H,48,50,57)/t26-,62-/m0/s1. The molecule has 1 aliphatic carbocycles. The van der Waals surface area contributed by atoms with E-state index in [0.717, 1.165) is 23.9 Å². The van der Waals surface area contributed by atoms with Crippen molar-refractivity contribution >= 4 is 37.1 Å². The summed E-state index contributed by atoms with van der Waals surface area (Å²) in [5, 5.41) is 9.19. The lowest BCUT2D eigenvalue weighted by molar-refractivity contribution is 0.0674. The van der Waals surface area contributed by atoms with E-state index in [-0.39, 0.29) is 11.7 Å². The highest BCUT2D eigenvalue weighted by molar-refractivity contribution is 9.10. The topological polar surface area (TPSA) is 179 Å². The number of aromatic amines is 1. The Morgan fingerprint density at radius 2 is 1.69 bits per heavy atom. The lowest BCUT2D eigenvalue weighted by Gasteiger charge is -2.34. The van der Waals surface area contributed by atoms with Crippen LogP contribution in [-0.2, 0) is 26.3 Å². The van der Waals surface area contributed by atoms with Crippen molar-refractivity contribution in [3.63, 3.8) is 0 Å². The summed E-state index contributed by atoms with van der Waals surface area (Å²) in [6.45, 7) is 6.96. The normalized spacial score (nSPS) is 18.5. The average molecular weight is 925 g/mol. The lowest BCUT2D eigenvalue weighted by Crippen LogP contribution is -2.40. The minimum absolute atomic E-state index is 0.252. The SMILES string of the molecule is Cc1cc(-n2nc3c(c2-n2ccn(-c4ccc([S@@](C)(=N)=O)cc4)c2=O)[C@H](C)N(C(=O)c2c(Br)c4cc(C5CCOCC5)ccn4c2C2(c4noc(=O)[nH]4)CC2)CC3)cc(C)c1F. The van der Waals surface area contributed by atoms with Crippen LogP contribution in [0.5, 0.6) is 0 Å². The fourth-order valence-corrected chi connectivity index (χ4v) is 10.8. The summed E-state index contributed by atoms with van der Waals surface area (Å²) < 4.78 is 53.3. The molecular formula is C44H43BrFN9O6S. The molecule has 5 aromatic heterocycles. The summed E-state index contributed by atoms with van der Waals surface area (Å²) in [4.78, 5) is 47.3. The molecule has 62 heavy (non-hydrogen) atoms. The van der Waals surface area contributed by atoms with Crippen molar-refractivity contribution in [3.8, 4) is 17.2 Å². The summed E-state index contributed by atoms with van der Waals surface area (Å²) in [6, 6.07) is 13.4. The minimum atomic E-state index is -2.97. The minimum Gasteiger partial charge on any atom is -0.381 e. The van der Waals surface area contributed by atoms with E-state index in [0.29, 0.717) is 111 Å². The summed E-state index contributed by atoms with van der Waals surface area (Å²) in [7, 11) is -2.97. The van der Waals surface area contributed by atoms with Gasteiger partial charge in [-0.2, -0.15) is 5.10 Å². The number of H-pyrrole nitrogens is 1. The third-order valence-electron chi connectivity index (χ3n) is 12.8. The molecule has 0 radical (unpaired) electrons. The highest BCUT2D eigenvalue weighted by Gasteiger charge is 2.54. The van der Waals surface area contributed by atoms with E-state index in [2.05, 4.69) is 38.2 Å². The van der Waals surface area contributed by atoms with Crippen molar-refractivity contribution in [1.82, 2.24) is 38.4 Å². The van der Waals surface area contributed by atoms with Gasteiger partial charge in [0.15, 0.2) is 5.82 Å². The van der Waals surface area contributed by atoms with Gasteiger partial charge in [-0.3, -0.25) is 23.4 Å². The van der Waals surface area contributed by atoms with E-state index in [4.69, 9.17) is 19.1 Å². The highest BCUT2D eigenvalue weighted by atomic mass is 79.9. The number of aromatic nitrogens is 7. The van der Waals surface area contributed by atoms with E-state index in [9.17, 15) is 13.8 Å². The quantitative estimate of drug-likeness (QED) is 0.163. The van der Waals surface area contributed by atoms with Gasteiger partial charge in [-0.25, -0.2) is 27.6 Å². The van der Waals surface area contributed by atoms with Crippen LogP contribution in [0.15, 0.2) is 90.6 Å². The Hall–Kier alpha value is -5.85. The number of ether oxygens (including phenoxy) is 1. The van der Waals surface area contributed by atoms with E-state index in [1.807, 2.05) is 17.5 Å². The van der Waals surface area contributed by atoms with Crippen LogP contribution in [0.25, 0.3) is 22.7 Å². The number of fused-ring (bicyclic) bond motifs is 2. The zero-order chi connectivity index (χ0) is 43.4. The average Bonchev–Trinajstić information content (AvgIpc) is 3.48. The summed E-state index contributed by atoms with van der Waals surface area (Å²) >= 11 is 3.90. The molecule has 2 atom stereocenters. The van der Waals surface area contributed by atoms with Crippen LogP contribution in [-0.4, -0.2) is 74.5 Å². The second-order valence-electron chi connectivity index (χ2n) is 16.7. The van der Waals surface area contributed by atoms with Crippen molar-refractivity contribution in [2.75, 3.05) is 26.0 Å². The van der Waals surface area contributed by atoms with Crippen molar-refractivity contribution in [2.45, 2.75) is 75.1 Å². The molecule has 2 aliphatic heterocycles. The van der Waals surface area contributed by atoms with Gasteiger partial charge in [0.05, 0.1) is 59.5 Å². The molecule has 2 aromatic carbocycles. The van der Waals surface area contributed by atoms with Crippen molar-refractivity contribution in [1.29, 1.82) is 4.78 Å². The molecule has 15 nitrogen and oxygen atoms in total. The lowest BCUT2D eigenvalue weighted by atomic mass is 9.92. The first-order valence-corrected chi connectivity index (χ1v) is 23.2. The number of amides is 1. The number of halogens is 2. The van der Waals surface area contributed by atoms with Crippen LogP contribution in [0.2, 0.25) is 0 Å². The van der Waals surface area contributed by atoms with Crippen LogP contribution in [0.3, 0.4) is 0 Å². The van der Waals surface area contributed by atoms with Crippen LogP contribution in [0.4, 0.5) is 4.39 Å². The maximum absolute atomic E-state index is 15.5. The fourth-order valence-electron chi connectivity index (χ4n) is 9.46. The molecule has 1 saturated carbocycles. The molecule has 320 valence electrons. The number of hydrogen-bond acceptors (Lipinski definition) is 9. The zero-order valence-electron chi connectivity index (χ0n) is 34.4. The maximum atomic E-state index is 15.5. The molecule has 0 spiro atoms. The molecule has 1 amide bonds. The Morgan fingerprint density at radius 3 is 2.34 bits per heavy atom. The molecule has 10 rings (SSSR count). The molecule has 7 aromatic rings. The first-order chi connectivity index (χ1) is 29.7. The predicted octanol–water partition coefficient (Wildman–Crippen LogP) is 7.03. The number of rotatable bonds is 8.